The van der Waals surface area contributed by atoms with Crippen molar-refractivity contribution in [2.24, 2.45) is 0 Å². The highest BCUT2D eigenvalue weighted by Gasteiger charge is 2.08. The Hall–Kier alpha value is -0.280. The molecule has 0 N–H and O–H groups in total. The molecule has 0 bridgehead atoms. The van der Waals surface area contributed by atoms with Gasteiger partial charge in [0.2, 0.25) is 6.43 Å². The average molecular weight is 237 g/mol. The summed E-state index contributed by atoms with van der Waals surface area (Å²) in [4.78, 5) is 0.732. The SMILES string of the molecule is Cc1cc(Cl)c(SCC(F)F)cc1C. The third-order valence-corrected chi connectivity index (χ3v) is 3.41. The zero-order valence-electron chi connectivity index (χ0n) is 7.98. The van der Waals surface area contributed by atoms with Gasteiger partial charge in [-0.05, 0) is 37.1 Å². The Kier molecular flexibility index (Phi) is 4.20. The average Bonchev–Trinajstić information content (AvgIpc) is 2.09. The summed E-state index contributed by atoms with van der Waals surface area (Å²) in [5.74, 6) is -0.206. The smallest absolute Gasteiger partial charge is 0.210 e. The molecule has 0 unspecified atom stereocenters. The molecular formula is C10H11ClF2S. The molecule has 14 heavy (non-hydrogen) atoms. The second-order valence-electron chi connectivity index (χ2n) is 3.07. The maximum absolute atomic E-state index is 12.0. The predicted molar refractivity (Wildman–Crippen MR) is 57.7 cm³/mol. The third kappa shape index (κ3) is 3.14. The highest BCUT2D eigenvalue weighted by atomic mass is 35.5. The van der Waals surface area contributed by atoms with Crippen LogP contribution in [0.5, 0.6) is 0 Å². The number of benzene rings is 1. The molecule has 0 spiro atoms. The van der Waals surface area contributed by atoms with Crippen LogP contribution in [-0.2, 0) is 0 Å². The van der Waals surface area contributed by atoms with Crippen molar-refractivity contribution in [1.82, 2.24) is 0 Å². The van der Waals surface area contributed by atoms with E-state index in [9.17, 15) is 8.78 Å². The van der Waals surface area contributed by atoms with Crippen LogP contribution in [0.1, 0.15) is 11.1 Å². The van der Waals surface area contributed by atoms with Gasteiger partial charge >= 0.3 is 0 Å². The van der Waals surface area contributed by atoms with E-state index >= 15 is 0 Å². The molecule has 0 atom stereocenters. The molecule has 0 saturated carbocycles. The van der Waals surface area contributed by atoms with Gasteiger partial charge in [0.25, 0.3) is 0 Å². The fraction of sp³-hybridized carbons (Fsp3) is 0.400. The first-order chi connectivity index (χ1) is 6.50. The lowest BCUT2D eigenvalue weighted by atomic mass is 10.1. The highest BCUT2D eigenvalue weighted by Crippen LogP contribution is 2.30. The lowest BCUT2D eigenvalue weighted by Gasteiger charge is -2.07. The number of rotatable bonds is 3. The first-order valence-corrected chi connectivity index (χ1v) is 5.54. The Morgan fingerprint density at radius 1 is 1.29 bits per heavy atom. The van der Waals surface area contributed by atoms with Gasteiger partial charge < -0.3 is 0 Å². The van der Waals surface area contributed by atoms with Gasteiger partial charge in [-0.3, -0.25) is 0 Å². The first kappa shape index (κ1) is 11.8. The largest absolute Gasteiger partial charge is 0.247 e. The van der Waals surface area contributed by atoms with E-state index in [4.69, 9.17) is 11.6 Å². The Labute approximate surface area is 91.6 Å². The van der Waals surface area contributed by atoms with Crippen LogP contribution in [0.25, 0.3) is 0 Å². The molecule has 0 heterocycles. The van der Waals surface area contributed by atoms with Crippen LogP contribution in [0.2, 0.25) is 5.02 Å². The van der Waals surface area contributed by atoms with Crippen LogP contribution in [0.3, 0.4) is 0 Å². The molecule has 0 saturated heterocycles. The summed E-state index contributed by atoms with van der Waals surface area (Å²) in [6.07, 6.45) is -2.29. The van der Waals surface area contributed by atoms with E-state index in [0.717, 1.165) is 27.8 Å². The van der Waals surface area contributed by atoms with Crippen LogP contribution in [0.15, 0.2) is 17.0 Å². The zero-order valence-corrected chi connectivity index (χ0v) is 9.55. The fourth-order valence-corrected chi connectivity index (χ4v) is 2.16. The zero-order chi connectivity index (χ0) is 10.7. The summed E-state index contributed by atoms with van der Waals surface area (Å²) < 4.78 is 23.9. The molecular weight excluding hydrogens is 226 g/mol. The summed E-state index contributed by atoms with van der Waals surface area (Å²) in [5, 5.41) is 0.554. The second-order valence-corrected chi connectivity index (χ2v) is 4.54. The number of hydrogen-bond acceptors (Lipinski definition) is 1. The summed E-state index contributed by atoms with van der Waals surface area (Å²) in [5.41, 5.74) is 2.16. The Morgan fingerprint density at radius 2 is 1.86 bits per heavy atom. The van der Waals surface area contributed by atoms with E-state index in [1.54, 1.807) is 0 Å². The lowest BCUT2D eigenvalue weighted by molar-refractivity contribution is 0.177. The summed E-state index contributed by atoms with van der Waals surface area (Å²) >= 11 is 7.02. The summed E-state index contributed by atoms with van der Waals surface area (Å²) in [6, 6.07) is 3.66. The first-order valence-electron chi connectivity index (χ1n) is 4.18. The highest BCUT2D eigenvalue weighted by molar-refractivity contribution is 7.99. The van der Waals surface area contributed by atoms with E-state index in [1.807, 2.05) is 26.0 Å². The van der Waals surface area contributed by atoms with Gasteiger partial charge in [0.05, 0.1) is 10.8 Å². The molecule has 0 nitrogen and oxygen atoms in total. The van der Waals surface area contributed by atoms with Crippen LogP contribution < -0.4 is 0 Å². The van der Waals surface area contributed by atoms with Crippen molar-refractivity contribution >= 4 is 23.4 Å². The van der Waals surface area contributed by atoms with E-state index in [-0.39, 0.29) is 5.75 Å². The van der Waals surface area contributed by atoms with Crippen molar-refractivity contribution in [3.8, 4) is 0 Å². The van der Waals surface area contributed by atoms with Gasteiger partial charge in [-0.25, -0.2) is 8.78 Å². The predicted octanol–water partition coefficient (Wildman–Crippen LogP) is 4.31. The fourth-order valence-electron chi connectivity index (χ4n) is 1.02. The molecule has 78 valence electrons. The van der Waals surface area contributed by atoms with Gasteiger partial charge in [0, 0.05) is 4.90 Å². The van der Waals surface area contributed by atoms with Crippen molar-refractivity contribution in [3.63, 3.8) is 0 Å². The van der Waals surface area contributed by atoms with Gasteiger partial charge in [0.15, 0.2) is 0 Å². The van der Waals surface area contributed by atoms with Gasteiger partial charge in [0.1, 0.15) is 0 Å². The maximum Gasteiger partial charge on any atom is 0.247 e. The molecule has 0 aliphatic heterocycles. The molecule has 0 fully saturated rings. The molecule has 4 heteroatoms. The van der Waals surface area contributed by atoms with Crippen molar-refractivity contribution in [1.29, 1.82) is 0 Å². The number of alkyl halides is 2. The van der Waals surface area contributed by atoms with E-state index in [0.29, 0.717) is 5.02 Å². The standard InChI is InChI=1S/C10H11ClF2S/c1-6-3-8(11)9(4-7(6)2)14-5-10(12)13/h3-4,10H,5H2,1-2H3. The second kappa shape index (κ2) is 4.99. The molecule has 1 aromatic carbocycles. The molecule has 0 aliphatic rings. The van der Waals surface area contributed by atoms with Gasteiger partial charge in [-0.15, -0.1) is 11.8 Å². The minimum absolute atomic E-state index is 0.206. The minimum Gasteiger partial charge on any atom is -0.210 e. The van der Waals surface area contributed by atoms with Gasteiger partial charge in [-0.1, -0.05) is 11.6 Å². The molecule has 1 rings (SSSR count). The summed E-state index contributed by atoms with van der Waals surface area (Å²) in [6.45, 7) is 3.89. The molecule has 0 amide bonds. The van der Waals surface area contributed by atoms with Crippen molar-refractivity contribution in [2.75, 3.05) is 5.75 Å². The monoisotopic (exact) mass is 236 g/mol. The molecule has 1 aromatic rings. The van der Waals surface area contributed by atoms with Gasteiger partial charge in [-0.2, -0.15) is 0 Å². The van der Waals surface area contributed by atoms with Crippen LogP contribution >= 0.6 is 23.4 Å². The quantitative estimate of drug-likeness (QED) is 0.705. The van der Waals surface area contributed by atoms with Crippen LogP contribution in [0, 0.1) is 13.8 Å². The third-order valence-electron chi connectivity index (χ3n) is 1.91. The summed E-state index contributed by atoms with van der Waals surface area (Å²) in [7, 11) is 0. The number of halogens is 3. The number of aryl methyl sites for hydroxylation is 2. The van der Waals surface area contributed by atoms with E-state index < -0.39 is 6.43 Å². The van der Waals surface area contributed by atoms with Crippen molar-refractivity contribution < 1.29 is 8.78 Å². The van der Waals surface area contributed by atoms with Crippen LogP contribution in [0.4, 0.5) is 8.78 Å². The maximum atomic E-state index is 12.0. The Bertz CT molecular complexity index is 326. The number of hydrogen-bond donors (Lipinski definition) is 0. The van der Waals surface area contributed by atoms with Crippen molar-refractivity contribution in [3.05, 3.63) is 28.3 Å². The molecule has 0 radical (unpaired) electrons. The van der Waals surface area contributed by atoms with E-state index in [1.165, 1.54) is 0 Å². The molecule has 0 aromatic heterocycles. The van der Waals surface area contributed by atoms with Crippen molar-refractivity contribution in [2.45, 2.75) is 25.2 Å². The normalized spacial score (nSPS) is 11.0. The topological polar surface area (TPSA) is 0 Å². The molecule has 0 aliphatic carbocycles. The van der Waals surface area contributed by atoms with E-state index in [2.05, 4.69) is 0 Å². The number of thioether (sulfide) groups is 1. The minimum atomic E-state index is -2.29. The Morgan fingerprint density at radius 3 is 2.43 bits per heavy atom. The van der Waals surface area contributed by atoms with Crippen LogP contribution in [-0.4, -0.2) is 12.2 Å². The lowest BCUT2D eigenvalue weighted by Crippen LogP contribution is -1.94. The Balaban J connectivity index is 2.82.